The lowest BCUT2D eigenvalue weighted by Crippen LogP contribution is -2.57. The van der Waals surface area contributed by atoms with Crippen molar-refractivity contribution >= 4 is 31.7 Å². The Balaban J connectivity index is 1.32. The number of aromatic nitrogens is 2. The Labute approximate surface area is 233 Å². The number of ether oxygens (including phenoxy) is 1. The number of rotatable bonds is 9. The topological polar surface area (TPSA) is 129 Å². The molecule has 40 heavy (non-hydrogen) atoms. The predicted octanol–water partition coefficient (Wildman–Crippen LogP) is 1.89. The van der Waals surface area contributed by atoms with Crippen molar-refractivity contribution in [3.8, 4) is 11.4 Å². The molecule has 1 atom stereocenters. The second kappa shape index (κ2) is 11.0. The molecule has 0 bridgehead atoms. The van der Waals surface area contributed by atoms with Crippen LogP contribution in [-0.2, 0) is 30.5 Å². The third-order valence-electron chi connectivity index (χ3n) is 7.31. The average molecular weight is 567 g/mol. The van der Waals surface area contributed by atoms with E-state index in [1.807, 2.05) is 30.3 Å². The number of carbonyl (C=O) groups is 4. The first-order valence-electron chi connectivity index (χ1n) is 13.4. The molecule has 3 aliphatic heterocycles. The number of hydrogen-bond donors (Lipinski definition) is 0. The van der Waals surface area contributed by atoms with E-state index >= 15 is 0 Å². The van der Waals surface area contributed by atoms with E-state index in [-0.39, 0.29) is 43.4 Å². The van der Waals surface area contributed by atoms with Gasteiger partial charge in [-0.2, -0.15) is 4.98 Å². The lowest BCUT2D eigenvalue weighted by Gasteiger charge is -2.34. The summed E-state index contributed by atoms with van der Waals surface area (Å²) in [6.45, 7) is 7.95. The molecule has 12 nitrogen and oxygen atoms in total. The van der Waals surface area contributed by atoms with Crippen LogP contribution in [0.5, 0.6) is 0 Å². The van der Waals surface area contributed by atoms with Crippen LogP contribution in [0.4, 0.5) is 0 Å². The number of imide groups is 2. The molecular formula is C27H34N6O6Si. The monoisotopic (exact) mass is 566 g/mol. The third-order valence-corrected chi connectivity index (χ3v) is 9.01. The molecule has 0 N–H and O–H groups in total. The van der Waals surface area contributed by atoms with Gasteiger partial charge >= 0.3 is 0 Å². The molecule has 212 valence electrons. The Morgan fingerprint density at radius 3 is 2.48 bits per heavy atom. The van der Waals surface area contributed by atoms with Crippen molar-refractivity contribution in [2.75, 3.05) is 33.5 Å². The second-order valence-electron chi connectivity index (χ2n) is 11.5. The van der Waals surface area contributed by atoms with E-state index in [1.54, 1.807) is 16.8 Å². The number of piperidine rings is 1. The highest BCUT2D eigenvalue weighted by Gasteiger charge is 2.51. The second-order valence-corrected chi connectivity index (χ2v) is 17.1. The highest BCUT2D eigenvalue weighted by atomic mass is 28.3. The summed E-state index contributed by atoms with van der Waals surface area (Å²) in [5.41, 5.74) is 1.22. The Bertz CT molecular complexity index is 1350. The normalized spacial score (nSPS) is 20.2. The molecule has 1 unspecified atom stereocenters. The molecule has 4 heterocycles. The van der Waals surface area contributed by atoms with Crippen molar-refractivity contribution in [1.29, 1.82) is 0 Å². The van der Waals surface area contributed by atoms with Gasteiger partial charge in [0, 0.05) is 46.8 Å². The summed E-state index contributed by atoms with van der Waals surface area (Å²) in [4.78, 5) is 63.3. The maximum absolute atomic E-state index is 13.8. The van der Waals surface area contributed by atoms with E-state index in [4.69, 9.17) is 9.26 Å². The van der Waals surface area contributed by atoms with Crippen LogP contribution in [0, 0.1) is 0 Å². The molecule has 0 spiro atoms. The van der Waals surface area contributed by atoms with Gasteiger partial charge in [0.1, 0.15) is 24.2 Å². The standard InChI is InChI=1S/C27H34N6O6Si/c1-30-12-13-31(16-20-28-24(29-39-20)18-8-6-5-7-9-18)23-22(30)26(36)33(27(23)37)19-10-11-21(34)32(25(19)35)17-38-14-15-40(2,3)4/h5-9,19H,10-17H2,1-4H3. The van der Waals surface area contributed by atoms with E-state index in [1.165, 1.54) is 0 Å². The zero-order valence-electron chi connectivity index (χ0n) is 23.3. The van der Waals surface area contributed by atoms with Gasteiger partial charge in [0.25, 0.3) is 17.7 Å². The van der Waals surface area contributed by atoms with Crippen LogP contribution in [0.2, 0.25) is 25.7 Å². The average Bonchev–Trinajstić information content (AvgIpc) is 3.48. The number of carbonyl (C=O) groups excluding carboxylic acids is 4. The van der Waals surface area contributed by atoms with Gasteiger partial charge in [-0.15, -0.1) is 0 Å². The zero-order chi connectivity index (χ0) is 28.6. The third kappa shape index (κ3) is 5.43. The smallest absolute Gasteiger partial charge is 0.280 e. The number of likely N-dealkylation sites (tertiary alicyclic amines) is 1. The quantitative estimate of drug-likeness (QED) is 0.252. The van der Waals surface area contributed by atoms with Crippen molar-refractivity contribution in [2.45, 2.75) is 51.1 Å². The van der Waals surface area contributed by atoms with Gasteiger partial charge in [-0.05, 0) is 12.5 Å². The first-order valence-corrected chi connectivity index (χ1v) is 17.1. The van der Waals surface area contributed by atoms with Gasteiger partial charge in [0.05, 0.1) is 6.54 Å². The summed E-state index contributed by atoms with van der Waals surface area (Å²) in [6, 6.07) is 9.20. The van der Waals surface area contributed by atoms with Crippen LogP contribution in [0.1, 0.15) is 18.7 Å². The summed E-state index contributed by atoms with van der Waals surface area (Å²) in [7, 11) is 0.395. The van der Waals surface area contributed by atoms with E-state index < -0.39 is 31.8 Å². The van der Waals surface area contributed by atoms with E-state index in [2.05, 4.69) is 29.8 Å². The Morgan fingerprint density at radius 1 is 1.02 bits per heavy atom. The van der Waals surface area contributed by atoms with Crippen molar-refractivity contribution < 1.29 is 28.4 Å². The van der Waals surface area contributed by atoms with E-state index in [0.29, 0.717) is 31.4 Å². The molecule has 5 rings (SSSR count). The summed E-state index contributed by atoms with van der Waals surface area (Å²) in [5, 5.41) is 4.05. The Morgan fingerprint density at radius 2 is 1.75 bits per heavy atom. The van der Waals surface area contributed by atoms with Crippen LogP contribution in [-0.4, -0.2) is 101 Å². The minimum Gasteiger partial charge on any atom is -0.366 e. The molecule has 0 aliphatic carbocycles. The molecule has 1 aromatic heterocycles. The van der Waals surface area contributed by atoms with Gasteiger partial charge in [0.15, 0.2) is 0 Å². The maximum atomic E-state index is 13.8. The molecular weight excluding hydrogens is 532 g/mol. The lowest BCUT2D eigenvalue weighted by atomic mass is 10.0. The fourth-order valence-electron chi connectivity index (χ4n) is 5.01. The SMILES string of the molecule is CN1CCN(Cc2nc(-c3ccccc3)no2)C2=C1C(=O)N(C1CCC(=O)N(COCC[Si](C)(C)C)C1=O)C2=O. The molecule has 2 aromatic rings. The van der Waals surface area contributed by atoms with E-state index in [9.17, 15) is 19.2 Å². The Hall–Kier alpha value is -3.84. The molecule has 0 saturated carbocycles. The summed E-state index contributed by atoms with van der Waals surface area (Å²) < 4.78 is 11.1. The fourth-order valence-corrected chi connectivity index (χ4v) is 5.76. The minimum absolute atomic E-state index is 0.0410. The van der Waals surface area contributed by atoms with Crippen LogP contribution < -0.4 is 0 Å². The number of benzene rings is 1. The lowest BCUT2D eigenvalue weighted by molar-refractivity contribution is -0.164. The number of amides is 4. The van der Waals surface area contributed by atoms with Gasteiger partial charge in [-0.25, -0.2) is 0 Å². The van der Waals surface area contributed by atoms with Crippen molar-refractivity contribution in [3.63, 3.8) is 0 Å². The highest BCUT2D eigenvalue weighted by molar-refractivity contribution is 6.76. The first-order chi connectivity index (χ1) is 19.0. The highest BCUT2D eigenvalue weighted by Crippen LogP contribution is 2.34. The van der Waals surface area contributed by atoms with Crippen molar-refractivity contribution in [3.05, 3.63) is 47.6 Å². The predicted molar refractivity (Wildman–Crippen MR) is 145 cm³/mol. The van der Waals surface area contributed by atoms with Crippen LogP contribution >= 0.6 is 0 Å². The van der Waals surface area contributed by atoms with Gasteiger partial charge < -0.3 is 19.1 Å². The molecule has 13 heteroatoms. The summed E-state index contributed by atoms with van der Waals surface area (Å²) >= 11 is 0. The zero-order valence-corrected chi connectivity index (χ0v) is 24.3. The van der Waals surface area contributed by atoms with Crippen LogP contribution in [0.3, 0.4) is 0 Å². The van der Waals surface area contributed by atoms with Gasteiger partial charge in [-0.3, -0.25) is 29.0 Å². The first kappa shape index (κ1) is 27.7. The number of likely N-dealkylation sites (N-methyl/N-ethyl adjacent to an activating group) is 1. The number of hydrogen-bond acceptors (Lipinski definition) is 10. The van der Waals surface area contributed by atoms with Crippen LogP contribution in [0.25, 0.3) is 11.4 Å². The van der Waals surface area contributed by atoms with Gasteiger partial charge in [-0.1, -0.05) is 55.1 Å². The van der Waals surface area contributed by atoms with Gasteiger partial charge in [0.2, 0.25) is 17.6 Å². The fraction of sp³-hybridized carbons (Fsp3) is 0.481. The molecule has 3 aliphatic rings. The molecule has 1 fully saturated rings. The Kier molecular flexibility index (Phi) is 7.60. The minimum atomic E-state index is -1.35. The van der Waals surface area contributed by atoms with Crippen molar-refractivity contribution in [1.82, 2.24) is 29.7 Å². The maximum Gasteiger partial charge on any atom is 0.280 e. The van der Waals surface area contributed by atoms with Crippen molar-refractivity contribution in [2.24, 2.45) is 0 Å². The molecule has 1 saturated heterocycles. The van der Waals surface area contributed by atoms with Crippen LogP contribution in [0.15, 0.2) is 46.2 Å². The van der Waals surface area contributed by atoms with E-state index in [0.717, 1.165) is 21.4 Å². The summed E-state index contributed by atoms with van der Waals surface area (Å²) in [5.74, 6) is -1.34. The molecule has 1 aromatic carbocycles. The summed E-state index contributed by atoms with van der Waals surface area (Å²) in [6.07, 6.45) is 0.119. The largest absolute Gasteiger partial charge is 0.366 e. The molecule has 4 amide bonds. The molecule has 0 radical (unpaired) electrons. The number of nitrogens with zero attached hydrogens (tertiary/aromatic N) is 6.